The third-order valence-electron chi connectivity index (χ3n) is 11.4. The van der Waals surface area contributed by atoms with E-state index in [1.165, 1.54) is 4.90 Å². The number of carbonyl (C=O) groups excluding carboxylic acids is 8. The molecule has 0 radical (unpaired) electrons. The van der Waals surface area contributed by atoms with Gasteiger partial charge in [0.1, 0.15) is 24.2 Å². The molecule has 5 aliphatic rings. The van der Waals surface area contributed by atoms with Crippen LogP contribution in [0.25, 0.3) is 0 Å². The molecular weight excluding hydrogens is 690 g/mol. The topological polar surface area (TPSA) is 230 Å². The van der Waals surface area contributed by atoms with E-state index in [9.17, 15) is 38.4 Å². The number of carbonyl (C=O) groups is 8. The van der Waals surface area contributed by atoms with Crippen molar-refractivity contribution in [3.8, 4) is 0 Å². The van der Waals surface area contributed by atoms with Gasteiger partial charge in [-0.05, 0) is 87.5 Å². The number of Topliss-reactive ketones (excluding diaryl/α,β-unsaturated/α-hetero) is 1. The minimum absolute atomic E-state index is 0.0138. The zero-order valence-electron chi connectivity index (χ0n) is 30.7. The molecule has 2 saturated heterocycles. The van der Waals surface area contributed by atoms with Crippen LogP contribution in [0.5, 0.6) is 0 Å². The summed E-state index contributed by atoms with van der Waals surface area (Å²) in [6.45, 7) is 5.50. The van der Waals surface area contributed by atoms with Gasteiger partial charge in [0.15, 0.2) is 0 Å². The first-order chi connectivity index (χ1) is 25.3. The largest absolute Gasteiger partial charge is 0.453 e. The quantitative estimate of drug-likeness (QED) is 0.111. The molecule has 17 nitrogen and oxygen atoms in total. The Morgan fingerprint density at radius 2 is 1.57 bits per heavy atom. The number of alkyl carbamates (subject to hydrolysis) is 2. The van der Waals surface area contributed by atoms with Gasteiger partial charge < -0.3 is 46.3 Å². The van der Waals surface area contributed by atoms with E-state index < -0.39 is 77.7 Å². The summed E-state index contributed by atoms with van der Waals surface area (Å²) in [5, 5.41) is 15.8. The monoisotopic (exact) mass is 743 g/mol. The van der Waals surface area contributed by atoms with Crippen molar-refractivity contribution in [1.82, 2.24) is 36.8 Å². The van der Waals surface area contributed by atoms with Gasteiger partial charge >= 0.3 is 12.2 Å². The van der Waals surface area contributed by atoms with E-state index in [0.717, 1.165) is 52.7 Å². The number of rotatable bonds is 13. The van der Waals surface area contributed by atoms with Crippen LogP contribution in [0.15, 0.2) is 12.2 Å². The van der Waals surface area contributed by atoms with Crippen LogP contribution in [0.4, 0.5) is 9.59 Å². The van der Waals surface area contributed by atoms with Crippen LogP contribution in [0.1, 0.15) is 77.6 Å². The van der Waals surface area contributed by atoms with Crippen molar-refractivity contribution in [3.63, 3.8) is 0 Å². The van der Waals surface area contributed by atoms with Crippen LogP contribution in [0, 0.1) is 23.7 Å². The second-order valence-corrected chi connectivity index (χ2v) is 15.2. The third-order valence-corrected chi connectivity index (χ3v) is 11.4. The SMILES string of the molecule is C=C(C)[C@H](NC(=O)[C@@H](NC(=O)[C@H](CNC(=O)OC)NC(=O)OC)C1CCCCC1)C(=O)N1C[C@@H]2CC3CC[C@@H](C(=O)C(=O)NC4CC4)NC(=O)[C@@H]1[C@H]2C3. The summed E-state index contributed by atoms with van der Waals surface area (Å²) in [5.41, 5.74) is 0.313. The van der Waals surface area contributed by atoms with Crippen molar-refractivity contribution >= 4 is 47.5 Å². The summed E-state index contributed by atoms with van der Waals surface area (Å²) in [5.74, 6) is -4.00. The van der Waals surface area contributed by atoms with Crippen molar-refractivity contribution in [2.75, 3.05) is 27.3 Å². The fourth-order valence-electron chi connectivity index (χ4n) is 8.42. The molecule has 2 heterocycles. The van der Waals surface area contributed by atoms with Gasteiger partial charge in [0, 0.05) is 12.6 Å². The lowest BCUT2D eigenvalue weighted by molar-refractivity contribution is -0.144. The Kier molecular flexibility index (Phi) is 13.0. The molecule has 0 aromatic carbocycles. The van der Waals surface area contributed by atoms with Gasteiger partial charge in [0.05, 0.1) is 26.8 Å². The maximum Gasteiger partial charge on any atom is 0.407 e. The number of methoxy groups -OCH3 is 2. The van der Waals surface area contributed by atoms with Crippen molar-refractivity contribution in [2.24, 2.45) is 23.7 Å². The average Bonchev–Trinajstić information content (AvgIpc) is 3.76. The van der Waals surface area contributed by atoms with Crippen molar-refractivity contribution in [3.05, 3.63) is 12.2 Å². The first-order valence-electron chi connectivity index (χ1n) is 18.7. The lowest BCUT2D eigenvalue weighted by atomic mass is 9.83. The van der Waals surface area contributed by atoms with E-state index in [-0.39, 0.29) is 42.8 Å². The highest BCUT2D eigenvalue weighted by molar-refractivity contribution is 6.38. The molecule has 0 aromatic rings. The Bertz CT molecular complexity index is 1480. The van der Waals surface area contributed by atoms with Gasteiger partial charge in [-0.25, -0.2) is 9.59 Å². The molecule has 1 unspecified atom stereocenters. The minimum Gasteiger partial charge on any atom is -0.453 e. The second kappa shape index (κ2) is 17.4. The smallest absolute Gasteiger partial charge is 0.407 e. The van der Waals surface area contributed by atoms with E-state index in [0.29, 0.717) is 37.7 Å². The molecule has 3 aliphatic carbocycles. The summed E-state index contributed by atoms with van der Waals surface area (Å²) in [6, 6.07) is -5.61. The molecular formula is C36H53N7O10. The van der Waals surface area contributed by atoms with E-state index in [4.69, 9.17) is 0 Å². The summed E-state index contributed by atoms with van der Waals surface area (Å²) in [7, 11) is 2.26. The Morgan fingerprint density at radius 1 is 0.868 bits per heavy atom. The fraction of sp³-hybridized carbons (Fsp3) is 0.722. The van der Waals surface area contributed by atoms with Gasteiger partial charge in [-0.3, -0.25) is 28.8 Å². The highest BCUT2D eigenvalue weighted by Crippen LogP contribution is 2.47. The summed E-state index contributed by atoms with van der Waals surface area (Å²) < 4.78 is 9.21. The van der Waals surface area contributed by atoms with E-state index in [1.807, 2.05) is 0 Å². The van der Waals surface area contributed by atoms with Crippen LogP contribution < -0.4 is 31.9 Å². The standard InChI is InChI=1S/C36H53N7O10/c1-18(2)26(41-31(46)27(20-8-6-5-7-9-20)42-30(45)25(40-36(51)53-4)16-37-35(50)52-3)34(49)43-17-21-14-19-10-13-24(29(44)33(48)38-22-11-12-22)39-32(47)28(43)23(21)15-19/h19-28H,1,5-17H2,2-4H3,(H,37,50)(H,38,48)(H,39,47)(H,40,51)(H,41,46)(H,42,45)/t19?,21-,23-,24-,25-,26-,27-,28-/m0/s1. The predicted molar refractivity (Wildman–Crippen MR) is 188 cm³/mol. The Hall–Kier alpha value is -4.70. The third kappa shape index (κ3) is 9.65. The maximum absolute atomic E-state index is 14.4. The van der Waals surface area contributed by atoms with Crippen LogP contribution in [0.3, 0.4) is 0 Å². The van der Waals surface area contributed by atoms with Gasteiger partial charge in [-0.15, -0.1) is 0 Å². The maximum atomic E-state index is 14.4. The van der Waals surface area contributed by atoms with Crippen molar-refractivity contribution in [2.45, 2.75) is 114 Å². The Balaban J connectivity index is 1.33. The lowest BCUT2D eigenvalue weighted by Crippen LogP contribution is -2.61. The van der Waals surface area contributed by atoms with E-state index >= 15 is 0 Å². The molecule has 53 heavy (non-hydrogen) atoms. The molecule has 5 fully saturated rings. The van der Waals surface area contributed by atoms with Gasteiger partial charge in [-0.1, -0.05) is 25.8 Å². The first kappa shape index (κ1) is 39.5. The first-order valence-corrected chi connectivity index (χ1v) is 18.7. The molecule has 8 atom stereocenters. The van der Waals surface area contributed by atoms with E-state index in [1.54, 1.807) is 6.92 Å². The Labute approximate surface area is 308 Å². The zero-order valence-corrected chi connectivity index (χ0v) is 30.7. The molecule has 6 N–H and O–H groups in total. The number of amides is 7. The fourth-order valence-corrected chi connectivity index (χ4v) is 8.42. The van der Waals surface area contributed by atoms with Gasteiger partial charge in [0.25, 0.3) is 5.91 Å². The molecule has 0 spiro atoms. The molecule has 292 valence electrons. The zero-order chi connectivity index (χ0) is 38.4. The number of nitrogens with one attached hydrogen (secondary N) is 6. The molecule has 5 rings (SSSR count). The van der Waals surface area contributed by atoms with Crippen molar-refractivity contribution < 1.29 is 47.8 Å². The van der Waals surface area contributed by atoms with Gasteiger partial charge in [-0.2, -0.15) is 0 Å². The second-order valence-electron chi connectivity index (χ2n) is 15.2. The highest BCUT2D eigenvalue weighted by atomic mass is 16.5. The normalized spacial score (nSPS) is 26.9. The molecule has 7 amide bonds. The highest BCUT2D eigenvalue weighted by Gasteiger charge is 2.54. The van der Waals surface area contributed by atoms with Crippen molar-refractivity contribution in [1.29, 1.82) is 0 Å². The summed E-state index contributed by atoms with van der Waals surface area (Å²) in [6.07, 6.45) is 6.19. The minimum atomic E-state index is -1.33. The molecule has 0 aromatic heterocycles. The number of hydrogen-bond acceptors (Lipinski definition) is 10. The van der Waals surface area contributed by atoms with Crippen LogP contribution in [-0.2, 0) is 38.2 Å². The molecule has 3 saturated carbocycles. The number of hydrogen-bond donors (Lipinski definition) is 6. The number of nitrogens with zero attached hydrogens (tertiary/aromatic N) is 1. The lowest BCUT2D eigenvalue weighted by Gasteiger charge is -2.34. The molecule has 2 aliphatic heterocycles. The average molecular weight is 744 g/mol. The number of ether oxygens (including phenoxy) is 2. The number of ketones is 1. The summed E-state index contributed by atoms with van der Waals surface area (Å²) >= 11 is 0. The van der Waals surface area contributed by atoms with Gasteiger partial charge in [0.2, 0.25) is 29.4 Å². The Morgan fingerprint density at radius 3 is 2.21 bits per heavy atom. The van der Waals surface area contributed by atoms with E-state index in [2.05, 4.69) is 48.0 Å². The van der Waals surface area contributed by atoms with Crippen LogP contribution in [-0.4, -0.2) is 116 Å². The van der Waals surface area contributed by atoms with Crippen LogP contribution in [0.2, 0.25) is 0 Å². The predicted octanol–water partition coefficient (Wildman–Crippen LogP) is 0.173. The van der Waals surface area contributed by atoms with Crippen LogP contribution >= 0.6 is 0 Å². The molecule has 17 heteroatoms. The molecule has 2 bridgehead atoms. The summed E-state index contributed by atoms with van der Waals surface area (Å²) in [4.78, 5) is 107. The number of likely N-dealkylation sites (tertiary alicyclic amines) is 1. The number of fused-ring (bicyclic) bond motifs is 1.